The van der Waals surface area contributed by atoms with Gasteiger partial charge in [0.25, 0.3) is 5.91 Å². The van der Waals surface area contributed by atoms with Crippen LogP contribution in [0.3, 0.4) is 0 Å². The van der Waals surface area contributed by atoms with Crippen LogP contribution in [0.5, 0.6) is 0 Å². The number of benzene rings is 1. The molecule has 1 aliphatic heterocycles. The van der Waals surface area contributed by atoms with Crippen LogP contribution in [0.25, 0.3) is 0 Å². The minimum absolute atomic E-state index is 0.123. The normalized spacial score (nSPS) is 15.2. The Morgan fingerprint density at radius 1 is 1.18 bits per heavy atom. The molecule has 1 amide bonds. The van der Waals surface area contributed by atoms with Crippen molar-refractivity contribution >= 4 is 27.6 Å². The number of carbonyl (C=O) groups is 2. The van der Waals surface area contributed by atoms with Gasteiger partial charge < -0.3 is 14.5 Å². The monoisotopic (exact) mass is 406 g/mol. The highest BCUT2D eigenvalue weighted by atomic mass is 32.2. The third kappa shape index (κ3) is 4.60. The lowest BCUT2D eigenvalue weighted by Crippen LogP contribution is -2.35. The van der Waals surface area contributed by atoms with Crippen molar-refractivity contribution in [2.24, 2.45) is 0 Å². The summed E-state index contributed by atoms with van der Waals surface area (Å²) in [5.74, 6) is -0.828. The molecule has 2 aromatic rings. The number of hydrogen-bond donors (Lipinski definition) is 1. The Morgan fingerprint density at radius 2 is 1.93 bits per heavy atom. The van der Waals surface area contributed by atoms with Crippen molar-refractivity contribution in [2.75, 3.05) is 25.0 Å². The maximum absolute atomic E-state index is 12.7. The van der Waals surface area contributed by atoms with E-state index in [-0.39, 0.29) is 10.5 Å². The summed E-state index contributed by atoms with van der Waals surface area (Å²) in [6, 6.07) is 7.51. The summed E-state index contributed by atoms with van der Waals surface area (Å²) in [5, 5.41) is 2.55. The molecule has 1 saturated heterocycles. The maximum Gasteiger partial charge on any atom is 0.342 e. The second kappa shape index (κ2) is 8.57. The van der Waals surface area contributed by atoms with Gasteiger partial charge in [-0.2, -0.15) is 4.31 Å². The highest BCUT2D eigenvalue weighted by molar-refractivity contribution is 7.89. The molecule has 0 bridgehead atoms. The summed E-state index contributed by atoms with van der Waals surface area (Å²) in [6.07, 6.45) is 4.08. The second-order valence-corrected chi connectivity index (χ2v) is 8.45. The molecule has 3 rings (SSSR count). The molecule has 8 nitrogen and oxygen atoms in total. The number of ether oxygens (including phenoxy) is 1. The van der Waals surface area contributed by atoms with Gasteiger partial charge in [-0.25, -0.2) is 13.2 Å². The molecular weight excluding hydrogens is 384 g/mol. The summed E-state index contributed by atoms with van der Waals surface area (Å²) in [5.41, 5.74) is 0.570. The van der Waals surface area contributed by atoms with E-state index in [2.05, 4.69) is 5.32 Å². The Morgan fingerprint density at radius 3 is 2.61 bits per heavy atom. The molecule has 0 unspecified atom stereocenters. The van der Waals surface area contributed by atoms with E-state index >= 15 is 0 Å². The molecule has 9 heteroatoms. The van der Waals surface area contributed by atoms with Crippen molar-refractivity contribution in [3.05, 3.63) is 47.9 Å². The first kappa shape index (κ1) is 20.1. The van der Waals surface area contributed by atoms with Gasteiger partial charge in [0.15, 0.2) is 6.61 Å². The van der Waals surface area contributed by atoms with E-state index in [0.29, 0.717) is 24.5 Å². The summed E-state index contributed by atoms with van der Waals surface area (Å²) < 4.78 is 36.9. The Kier molecular flexibility index (Phi) is 6.15. The van der Waals surface area contributed by atoms with Crippen LogP contribution >= 0.6 is 0 Å². The van der Waals surface area contributed by atoms with Crippen molar-refractivity contribution in [1.29, 1.82) is 0 Å². The van der Waals surface area contributed by atoms with E-state index in [4.69, 9.17) is 9.15 Å². The zero-order valence-corrected chi connectivity index (χ0v) is 16.3. The zero-order chi connectivity index (χ0) is 20.1. The fourth-order valence-corrected chi connectivity index (χ4v) is 4.55. The molecule has 1 aromatic heterocycles. The number of aryl methyl sites for hydroxylation is 1. The smallest absolute Gasteiger partial charge is 0.342 e. The Balaban J connectivity index is 1.61. The van der Waals surface area contributed by atoms with Gasteiger partial charge >= 0.3 is 5.97 Å². The number of nitrogens with one attached hydrogen (secondary N) is 1. The van der Waals surface area contributed by atoms with E-state index in [9.17, 15) is 18.0 Å². The Labute approximate surface area is 163 Å². The van der Waals surface area contributed by atoms with Crippen molar-refractivity contribution < 1.29 is 27.2 Å². The van der Waals surface area contributed by atoms with E-state index < -0.39 is 28.5 Å². The standard InChI is InChI=1S/C19H22N2O6S/c1-14-17(8-11-26-14)19(23)27-13-18(22)20-15-6-5-7-16(12-15)28(24,25)21-9-3-2-4-10-21/h5-8,11-12H,2-4,9-10,13H2,1H3,(H,20,22). The first-order valence-electron chi connectivity index (χ1n) is 8.99. The minimum atomic E-state index is -3.59. The fourth-order valence-electron chi connectivity index (χ4n) is 2.99. The number of furan rings is 1. The zero-order valence-electron chi connectivity index (χ0n) is 15.5. The summed E-state index contributed by atoms with van der Waals surface area (Å²) in [4.78, 5) is 24.1. The van der Waals surface area contributed by atoms with Gasteiger partial charge in [0, 0.05) is 18.8 Å². The van der Waals surface area contributed by atoms with Gasteiger partial charge in [-0.05, 0) is 44.0 Å². The van der Waals surface area contributed by atoms with Gasteiger partial charge in [-0.3, -0.25) is 4.79 Å². The largest absolute Gasteiger partial charge is 0.469 e. The average molecular weight is 406 g/mol. The quantitative estimate of drug-likeness (QED) is 0.739. The number of amides is 1. The van der Waals surface area contributed by atoms with Crippen LogP contribution in [-0.4, -0.2) is 44.3 Å². The maximum atomic E-state index is 12.7. The third-order valence-electron chi connectivity index (χ3n) is 4.48. The molecule has 1 N–H and O–H groups in total. The van der Waals surface area contributed by atoms with Crippen LogP contribution < -0.4 is 5.32 Å². The second-order valence-electron chi connectivity index (χ2n) is 6.51. The summed E-state index contributed by atoms with van der Waals surface area (Å²) in [6.45, 7) is 2.13. The highest BCUT2D eigenvalue weighted by Gasteiger charge is 2.26. The average Bonchev–Trinajstić information content (AvgIpc) is 3.13. The van der Waals surface area contributed by atoms with E-state index in [1.165, 1.54) is 28.8 Å². The minimum Gasteiger partial charge on any atom is -0.469 e. The number of carbonyl (C=O) groups excluding carboxylic acids is 2. The first-order chi connectivity index (χ1) is 13.4. The van der Waals surface area contributed by atoms with Gasteiger partial charge in [0.05, 0.1) is 11.2 Å². The lowest BCUT2D eigenvalue weighted by Gasteiger charge is -2.26. The number of esters is 1. The first-order valence-corrected chi connectivity index (χ1v) is 10.4. The van der Waals surface area contributed by atoms with Crippen LogP contribution in [0.4, 0.5) is 5.69 Å². The molecule has 0 radical (unpaired) electrons. The predicted octanol–water partition coefficient (Wildman–Crippen LogP) is 2.56. The van der Waals surface area contributed by atoms with Gasteiger partial charge in [-0.1, -0.05) is 12.5 Å². The van der Waals surface area contributed by atoms with Crippen molar-refractivity contribution in [3.8, 4) is 0 Å². The molecule has 1 aromatic carbocycles. The van der Waals surface area contributed by atoms with Crippen LogP contribution in [0.2, 0.25) is 0 Å². The molecule has 2 heterocycles. The summed E-state index contributed by atoms with van der Waals surface area (Å²) >= 11 is 0. The van der Waals surface area contributed by atoms with Crippen LogP contribution in [0.15, 0.2) is 45.9 Å². The highest BCUT2D eigenvalue weighted by Crippen LogP contribution is 2.23. The molecule has 0 spiro atoms. The van der Waals surface area contributed by atoms with Crippen molar-refractivity contribution in [3.63, 3.8) is 0 Å². The van der Waals surface area contributed by atoms with Gasteiger partial charge in [0.2, 0.25) is 10.0 Å². The van der Waals surface area contributed by atoms with E-state index in [1.54, 1.807) is 19.1 Å². The number of nitrogens with zero attached hydrogens (tertiary/aromatic N) is 1. The van der Waals surface area contributed by atoms with Crippen LogP contribution in [0, 0.1) is 6.92 Å². The Hall–Kier alpha value is -2.65. The van der Waals surface area contributed by atoms with Crippen LogP contribution in [0.1, 0.15) is 35.4 Å². The van der Waals surface area contributed by atoms with Crippen LogP contribution in [-0.2, 0) is 19.6 Å². The number of rotatable bonds is 6. The number of hydrogen-bond acceptors (Lipinski definition) is 6. The third-order valence-corrected chi connectivity index (χ3v) is 6.38. The molecule has 0 saturated carbocycles. The lowest BCUT2D eigenvalue weighted by atomic mass is 10.2. The molecule has 0 atom stereocenters. The predicted molar refractivity (Wildman–Crippen MR) is 101 cm³/mol. The fraction of sp³-hybridized carbons (Fsp3) is 0.368. The molecule has 0 aliphatic carbocycles. The van der Waals surface area contributed by atoms with E-state index in [0.717, 1.165) is 19.3 Å². The topological polar surface area (TPSA) is 106 Å². The molecular formula is C19H22N2O6S. The van der Waals surface area contributed by atoms with Gasteiger partial charge in [0.1, 0.15) is 11.3 Å². The molecule has 1 fully saturated rings. The number of anilines is 1. The lowest BCUT2D eigenvalue weighted by molar-refractivity contribution is -0.119. The number of sulfonamides is 1. The molecule has 28 heavy (non-hydrogen) atoms. The van der Waals surface area contributed by atoms with Gasteiger partial charge in [-0.15, -0.1) is 0 Å². The molecule has 150 valence electrons. The van der Waals surface area contributed by atoms with E-state index in [1.807, 2.05) is 0 Å². The van der Waals surface area contributed by atoms with Crippen molar-refractivity contribution in [1.82, 2.24) is 4.31 Å². The number of piperidine rings is 1. The Bertz CT molecular complexity index is 960. The van der Waals surface area contributed by atoms with Crippen molar-refractivity contribution in [2.45, 2.75) is 31.1 Å². The SMILES string of the molecule is Cc1occc1C(=O)OCC(=O)Nc1cccc(S(=O)(=O)N2CCCCC2)c1. The molecule has 1 aliphatic rings. The summed E-state index contributed by atoms with van der Waals surface area (Å²) in [7, 11) is -3.59.